The predicted octanol–water partition coefficient (Wildman–Crippen LogP) is 3.01. The van der Waals surface area contributed by atoms with Crippen LogP contribution >= 0.6 is 11.8 Å². The van der Waals surface area contributed by atoms with E-state index < -0.39 is 23.3 Å². The fourth-order valence-corrected chi connectivity index (χ4v) is 3.96. The number of hydrogen-bond acceptors (Lipinski definition) is 6. The first-order valence-corrected chi connectivity index (χ1v) is 9.75. The standard InChI is InChI=1S/C18H17F2N5O3S/c1-9(16(21)26)22-10-2-3-11-13(6-10)28-5-4-24-7-14(23-17(11)24)25-12(15(19)20)8-29-18(25)27/h2-3,6-7,9,22H,4-5,8H2,1H3,(H2,21,26)/t9-/m0/s1. The molecule has 0 bridgehead atoms. The van der Waals surface area contributed by atoms with E-state index in [4.69, 9.17) is 10.5 Å². The second kappa shape index (κ2) is 7.39. The Bertz CT molecular complexity index is 1030. The Morgan fingerprint density at radius 1 is 1.41 bits per heavy atom. The Kier molecular flexibility index (Phi) is 4.91. The van der Waals surface area contributed by atoms with Crippen LogP contribution in [0.2, 0.25) is 0 Å². The number of nitrogens with zero attached hydrogens (tertiary/aromatic N) is 3. The zero-order chi connectivity index (χ0) is 20.7. The lowest BCUT2D eigenvalue weighted by molar-refractivity contribution is -0.118. The number of anilines is 2. The van der Waals surface area contributed by atoms with Crippen molar-refractivity contribution in [3.8, 4) is 17.1 Å². The summed E-state index contributed by atoms with van der Waals surface area (Å²) in [5, 5.41) is 2.49. The first-order valence-electron chi connectivity index (χ1n) is 8.76. The molecule has 11 heteroatoms. The first-order chi connectivity index (χ1) is 13.8. The van der Waals surface area contributed by atoms with E-state index in [1.165, 1.54) is 0 Å². The molecule has 0 saturated carbocycles. The van der Waals surface area contributed by atoms with Gasteiger partial charge in [0.1, 0.15) is 29.9 Å². The van der Waals surface area contributed by atoms with Gasteiger partial charge in [-0.15, -0.1) is 0 Å². The molecule has 0 unspecified atom stereocenters. The van der Waals surface area contributed by atoms with E-state index in [0.29, 0.717) is 36.0 Å². The van der Waals surface area contributed by atoms with E-state index in [-0.39, 0.29) is 17.3 Å². The molecule has 29 heavy (non-hydrogen) atoms. The van der Waals surface area contributed by atoms with Crippen molar-refractivity contribution in [3.05, 3.63) is 36.2 Å². The number of aromatic nitrogens is 2. The third-order valence-electron chi connectivity index (χ3n) is 4.62. The summed E-state index contributed by atoms with van der Waals surface area (Å²) in [6.45, 7) is 2.41. The highest BCUT2D eigenvalue weighted by atomic mass is 32.2. The molecule has 1 aromatic carbocycles. The summed E-state index contributed by atoms with van der Waals surface area (Å²) in [5.74, 6) is 0.603. The molecular weight excluding hydrogens is 404 g/mol. The van der Waals surface area contributed by atoms with E-state index >= 15 is 0 Å². The second-order valence-electron chi connectivity index (χ2n) is 6.54. The number of carbonyl (C=O) groups is 2. The number of thioether (sulfide) groups is 1. The smallest absolute Gasteiger partial charge is 0.292 e. The molecule has 2 aliphatic heterocycles. The van der Waals surface area contributed by atoms with Gasteiger partial charge in [-0.1, -0.05) is 11.8 Å². The fraction of sp³-hybridized carbons (Fsp3) is 0.278. The monoisotopic (exact) mass is 421 g/mol. The van der Waals surface area contributed by atoms with Crippen molar-refractivity contribution < 1.29 is 23.1 Å². The lowest BCUT2D eigenvalue weighted by Crippen LogP contribution is -2.32. The Morgan fingerprint density at radius 2 is 2.21 bits per heavy atom. The second-order valence-corrected chi connectivity index (χ2v) is 7.47. The van der Waals surface area contributed by atoms with Crippen LogP contribution in [0, 0.1) is 0 Å². The average molecular weight is 421 g/mol. The first kappa shape index (κ1) is 19.2. The van der Waals surface area contributed by atoms with Gasteiger partial charge in [-0.05, 0) is 19.1 Å². The van der Waals surface area contributed by atoms with Crippen molar-refractivity contribution in [1.82, 2.24) is 9.55 Å². The molecule has 1 aromatic heterocycles. The number of imidazole rings is 1. The number of ether oxygens (including phenoxy) is 1. The van der Waals surface area contributed by atoms with E-state index in [9.17, 15) is 18.4 Å². The van der Waals surface area contributed by atoms with E-state index in [1.54, 1.807) is 35.9 Å². The van der Waals surface area contributed by atoms with Crippen LogP contribution in [0.5, 0.6) is 5.75 Å². The van der Waals surface area contributed by atoms with Crippen molar-refractivity contribution in [2.75, 3.05) is 22.6 Å². The molecule has 1 atom stereocenters. The summed E-state index contributed by atoms with van der Waals surface area (Å²) < 4.78 is 34.0. The molecule has 2 aromatic rings. The number of nitrogens with two attached hydrogens (primary N) is 1. The van der Waals surface area contributed by atoms with Gasteiger partial charge in [-0.2, -0.15) is 8.78 Å². The van der Waals surface area contributed by atoms with Crippen LogP contribution in [0.25, 0.3) is 11.4 Å². The topological polar surface area (TPSA) is 102 Å². The van der Waals surface area contributed by atoms with Crippen LogP contribution in [-0.4, -0.2) is 39.1 Å². The van der Waals surface area contributed by atoms with Gasteiger partial charge < -0.3 is 20.4 Å². The normalized spacial score (nSPS) is 16.6. The fourth-order valence-electron chi connectivity index (χ4n) is 3.13. The van der Waals surface area contributed by atoms with Gasteiger partial charge in [0.25, 0.3) is 11.3 Å². The highest BCUT2D eigenvalue weighted by Gasteiger charge is 2.34. The zero-order valence-corrected chi connectivity index (χ0v) is 16.1. The molecule has 2 aliphatic rings. The molecule has 0 spiro atoms. The zero-order valence-electron chi connectivity index (χ0n) is 15.3. The van der Waals surface area contributed by atoms with Crippen LogP contribution in [0.15, 0.2) is 36.2 Å². The van der Waals surface area contributed by atoms with E-state index in [2.05, 4.69) is 10.3 Å². The average Bonchev–Trinajstić information content (AvgIpc) is 3.21. The van der Waals surface area contributed by atoms with Crippen molar-refractivity contribution in [1.29, 1.82) is 0 Å². The van der Waals surface area contributed by atoms with Gasteiger partial charge in [0.05, 0.1) is 12.1 Å². The van der Waals surface area contributed by atoms with Crippen LogP contribution in [0.4, 0.5) is 25.1 Å². The Labute approximate surface area is 168 Å². The predicted molar refractivity (Wildman–Crippen MR) is 105 cm³/mol. The molecular formula is C18H17F2N5O3S. The maximum atomic E-state index is 13.2. The number of rotatable bonds is 4. The van der Waals surface area contributed by atoms with Crippen LogP contribution < -0.4 is 20.7 Å². The summed E-state index contributed by atoms with van der Waals surface area (Å²) >= 11 is 0.811. The molecule has 1 saturated heterocycles. The maximum absolute atomic E-state index is 13.2. The third-order valence-corrected chi connectivity index (χ3v) is 5.47. The minimum Gasteiger partial charge on any atom is -0.491 e. The van der Waals surface area contributed by atoms with Crippen LogP contribution in [0.3, 0.4) is 0 Å². The molecule has 2 amide bonds. The lowest BCUT2D eigenvalue weighted by Gasteiger charge is -2.14. The number of hydrogen-bond donors (Lipinski definition) is 2. The molecule has 3 heterocycles. The molecule has 0 aliphatic carbocycles. The van der Waals surface area contributed by atoms with E-state index in [1.807, 2.05) is 0 Å². The van der Waals surface area contributed by atoms with Crippen molar-refractivity contribution >= 4 is 34.4 Å². The molecule has 8 nitrogen and oxygen atoms in total. The lowest BCUT2D eigenvalue weighted by atomic mass is 10.1. The quantitative estimate of drug-likeness (QED) is 0.787. The molecule has 0 radical (unpaired) electrons. The molecule has 3 N–H and O–H groups in total. The van der Waals surface area contributed by atoms with Gasteiger partial charge >= 0.3 is 0 Å². The van der Waals surface area contributed by atoms with Gasteiger partial charge in [-0.3, -0.25) is 14.5 Å². The molecule has 4 rings (SSSR count). The van der Waals surface area contributed by atoms with Gasteiger partial charge in [0.2, 0.25) is 5.91 Å². The van der Waals surface area contributed by atoms with Crippen LogP contribution in [-0.2, 0) is 11.3 Å². The molecule has 152 valence electrons. The van der Waals surface area contributed by atoms with Crippen molar-refractivity contribution in [2.24, 2.45) is 5.73 Å². The number of benzene rings is 1. The summed E-state index contributed by atoms with van der Waals surface area (Å²) in [6, 6.07) is 4.66. The number of carbonyl (C=O) groups excluding carboxylic acids is 2. The summed E-state index contributed by atoms with van der Waals surface area (Å²) in [5.41, 5.74) is 6.23. The maximum Gasteiger partial charge on any atom is 0.292 e. The van der Waals surface area contributed by atoms with Crippen molar-refractivity contribution in [3.63, 3.8) is 0 Å². The Balaban J connectivity index is 1.71. The summed E-state index contributed by atoms with van der Waals surface area (Å²) in [6.07, 6.45) is -0.323. The van der Waals surface area contributed by atoms with Gasteiger partial charge in [0.15, 0.2) is 5.82 Å². The Hall–Kier alpha value is -3.08. The van der Waals surface area contributed by atoms with Gasteiger partial charge in [-0.25, -0.2) is 4.98 Å². The molecule has 1 fully saturated rings. The number of primary amides is 1. The highest BCUT2D eigenvalue weighted by Crippen LogP contribution is 2.39. The minimum absolute atomic E-state index is 0.0872. The van der Waals surface area contributed by atoms with Crippen molar-refractivity contribution in [2.45, 2.75) is 19.5 Å². The number of fused-ring (bicyclic) bond motifs is 3. The number of amides is 2. The summed E-state index contributed by atoms with van der Waals surface area (Å²) in [7, 11) is 0. The SMILES string of the molecule is C[C@H](Nc1ccc2c(c1)OCCn1cc(N3C(=O)SCC3=C(F)F)nc1-2)C(N)=O. The summed E-state index contributed by atoms with van der Waals surface area (Å²) in [4.78, 5) is 28.8. The number of halogens is 2. The van der Waals surface area contributed by atoms with E-state index in [0.717, 1.165) is 16.7 Å². The van der Waals surface area contributed by atoms with Crippen LogP contribution in [0.1, 0.15) is 6.92 Å². The number of nitrogens with one attached hydrogen (secondary N) is 1. The Morgan fingerprint density at radius 3 is 2.93 bits per heavy atom. The highest BCUT2D eigenvalue weighted by molar-refractivity contribution is 8.14. The minimum atomic E-state index is -1.89. The van der Waals surface area contributed by atoms with Gasteiger partial charge in [0, 0.05) is 23.7 Å². The third kappa shape index (κ3) is 3.53. The largest absolute Gasteiger partial charge is 0.491 e.